The molecule has 140 valence electrons. The molecule has 0 saturated carbocycles. The van der Waals surface area contributed by atoms with Crippen LogP contribution in [0, 0.1) is 0 Å². The van der Waals surface area contributed by atoms with Crippen LogP contribution in [0.3, 0.4) is 0 Å². The van der Waals surface area contributed by atoms with Crippen molar-refractivity contribution < 1.29 is 24.6 Å². The van der Waals surface area contributed by atoms with Gasteiger partial charge in [-0.15, -0.1) is 0 Å². The summed E-state index contributed by atoms with van der Waals surface area (Å²) in [6, 6.07) is 21.5. The highest BCUT2D eigenvalue weighted by atomic mass is 16.4. The molecule has 0 unspecified atom stereocenters. The van der Waals surface area contributed by atoms with Gasteiger partial charge in [0.1, 0.15) is 0 Å². The number of hydrogen-bond acceptors (Lipinski definition) is 3. The molecule has 0 aliphatic rings. The van der Waals surface area contributed by atoms with Crippen LogP contribution >= 0.6 is 0 Å². The van der Waals surface area contributed by atoms with E-state index in [0.29, 0.717) is 0 Å². The summed E-state index contributed by atoms with van der Waals surface area (Å²) in [4.78, 5) is 35.6. The molecule has 0 aromatic heterocycles. The van der Waals surface area contributed by atoms with Gasteiger partial charge in [-0.25, -0.2) is 9.59 Å². The van der Waals surface area contributed by atoms with Gasteiger partial charge in [0.25, 0.3) is 5.91 Å². The molecular formula is C22H17NO5. The van der Waals surface area contributed by atoms with E-state index >= 15 is 0 Å². The third kappa shape index (κ3) is 4.07. The van der Waals surface area contributed by atoms with E-state index < -0.39 is 23.9 Å². The number of carboxylic acids is 2. The first-order chi connectivity index (χ1) is 13.5. The molecule has 1 amide bonds. The van der Waals surface area contributed by atoms with Crippen molar-refractivity contribution in [3.63, 3.8) is 0 Å². The molecule has 28 heavy (non-hydrogen) atoms. The Morgan fingerprint density at radius 1 is 0.679 bits per heavy atom. The molecule has 0 heterocycles. The summed E-state index contributed by atoms with van der Waals surface area (Å²) in [5, 5.41) is 21.3. The number of aromatic carboxylic acids is 2. The van der Waals surface area contributed by atoms with Crippen LogP contribution in [0.5, 0.6) is 0 Å². The van der Waals surface area contributed by atoms with Crippen LogP contribution in [0.15, 0.2) is 78.9 Å². The van der Waals surface area contributed by atoms with Crippen molar-refractivity contribution in [2.75, 3.05) is 0 Å². The van der Waals surface area contributed by atoms with Gasteiger partial charge >= 0.3 is 11.9 Å². The minimum absolute atomic E-state index is 0.102. The molecule has 3 N–H and O–H groups in total. The lowest BCUT2D eigenvalue weighted by Gasteiger charge is -2.20. The molecule has 3 rings (SSSR count). The lowest BCUT2D eigenvalue weighted by molar-refractivity contribution is 0.0690. The summed E-state index contributed by atoms with van der Waals surface area (Å²) in [5.74, 6) is -3.24. The number of hydrogen-bond donors (Lipinski definition) is 3. The third-order valence-electron chi connectivity index (χ3n) is 4.28. The Hall–Kier alpha value is -3.93. The van der Waals surface area contributed by atoms with E-state index in [-0.39, 0.29) is 16.7 Å². The third-order valence-corrected chi connectivity index (χ3v) is 4.28. The number of nitrogens with one attached hydrogen (secondary N) is 1. The minimum atomic E-state index is -1.37. The number of rotatable bonds is 6. The molecule has 0 aliphatic carbocycles. The van der Waals surface area contributed by atoms with Crippen LogP contribution in [0.25, 0.3) is 0 Å². The van der Waals surface area contributed by atoms with E-state index in [2.05, 4.69) is 5.32 Å². The van der Waals surface area contributed by atoms with Gasteiger partial charge in [0.05, 0.1) is 22.7 Å². The summed E-state index contributed by atoms with van der Waals surface area (Å²) in [6.07, 6.45) is 0. The van der Waals surface area contributed by atoms with Crippen molar-refractivity contribution in [3.05, 3.63) is 107 Å². The SMILES string of the molecule is O=C(O)c1ccc(C(=O)NC(c2ccccc2)c2ccccc2)c(C(=O)O)c1. The summed E-state index contributed by atoms with van der Waals surface area (Å²) in [7, 11) is 0. The number of amides is 1. The monoisotopic (exact) mass is 375 g/mol. The first-order valence-electron chi connectivity index (χ1n) is 8.49. The minimum Gasteiger partial charge on any atom is -0.478 e. The van der Waals surface area contributed by atoms with Gasteiger partial charge in [0, 0.05) is 0 Å². The molecule has 3 aromatic rings. The molecule has 0 fully saturated rings. The summed E-state index contributed by atoms with van der Waals surface area (Å²) < 4.78 is 0. The largest absolute Gasteiger partial charge is 0.478 e. The highest BCUT2D eigenvalue weighted by Gasteiger charge is 2.22. The number of carbonyl (C=O) groups excluding carboxylic acids is 1. The van der Waals surface area contributed by atoms with Crippen molar-refractivity contribution in [2.24, 2.45) is 0 Å². The maximum Gasteiger partial charge on any atom is 0.336 e. The quantitative estimate of drug-likeness (QED) is 0.611. The van der Waals surface area contributed by atoms with Gasteiger partial charge in [-0.1, -0.05) is 60.7 Å². The van der Waals surface area contributed by atoms with Gasteiger partial charge in [0.2, 0.25) is 0 Å². The average molecular weight is 375 g/mol. The number of carboxylic acid groups (broad SMARTS) is 2. The molecule has 0 bridgehead atoms. The van der Waals surface area contributed by atoms with Crippen molar-refractivity contribution in [1.29, 1.82) is 0 Å². The van der Waals surface area contributed by atoms with E-state index in [1.54, 1.807) is 0 Å². The zero-order chi connectivity index (χ0) is 20.1. The maximum absolute atomic E-state index is 12.9. The van der Waals surface area contributed by atoms with Crippen molar-refractivity contribution in [2.45, 2.75) is 6.04 Å². The van der Waals surface area contributed by atoms with Crippen molar-refractivity contribution in [3.8, 4) is 0 Å². The second-order valence-electron chi connectivity index (χ2n) is 6.10. The Morgan fingerprint density at radius 2 is 1.21 bits per heavy atom. The van der Waals surface area contributed by atoms with Crippen LogP contribution in [-0.4, -0.2) is 28.1 Å². The number of benzene rings is 3. The first kappa shape index (κ1) is 18.8. The van der Waals surface area contributed by atoms with E-state index in [1.165, 1.54) is 12.1 Å². The van der Waals surface area contributed by atoms with E-state index in [4.69, 9.17) is 5.11 Å². The smallest absolute Gasteiger partial charge is 0.336 e. The Bertz CT molecular complexity index is 976. The predicted molar refractivity (Wildman–Crippen MR) is 103 cm³/mol. The molecule has 0 spiro atoms. The lowest BCUT2D eigenvalue weighted by Crippen LogP contribution is -2.30. The van der Waals surface area contributed by atoms with E-state index in [0.717, 1.165) is 17.2 Å². The summed E-state index contributed by atoms with van der Waals surface area (Å²) in [5.41, 5.74) is 1.01. The van der Waals surface area contributed by atoms with E-state index in [1.807, 2.05) is 60.7 Å². The van der Waals surface area contributed by atoms with Gasteiger partial charge in [-0.2, -0.15) is 0 Å². The highest BCUT2D eigenvalue weighted by Crippen LogP contribution is 2.23. The lowest BCUT2D eigenvalue weighted by atomic mass is 9.97. The Morgan fingerprint density at radius 3 is 1.68 bits per heavy atom. The van der Waals surface area contributed by atoms with Gasteiger partial charge < -0.3 is 15.5 Å². The Labute approximate surface area is 161 Å². The molecule has 3 aromatic carbocycles. The average Bonchev–Trinajstić information content (AvgIpc) is 2.72. The topological polar surface area (TPSA) is 104 Å². The second-order valence-corrected chi connectivity index (χ2v) is 6.10. The molecule has 0 aliphatic heterocycles. The second kappa shape index (κ2) is 8.18. The standard InChI is InChI=1S/C22H17NO5/c24-20(17-12-11-16(21(25)26)13-18(17)22(27)28)23-19(14-7-3-1-4-8-14)15-9-5-2-6-10-15/h1-13,19H,(H,23,24)(H,25,26)(H,27,28). The molecule has 6 nitrogen and oxygen atoms in total. The zero-order valence-electron chi connectivity index (χ0n) is 14.7. The molecule has 0 radical (unpaired) electrons. The molecule has 0 atom stereocenters. The maximum atomic E-state index is 12.9. The van der Waals surface area contributed by atoms with Crippen molar-refractivity contribution >= 4 is 17.8 Å². The molecular weight excluding hydrogens is 358 g/mol. The zero-order valence-corrected chi connectivity index (χ0v) is 14.7. The van der Waals surface area contributed by atoms with Crippen LogP contribution in [-0.2, 0) is 0 Å². The van der Waals surface area contributed by atoms with Gasteiger partial charge in [-0.3, -0.25) is 4.79 Å². The highest BCUT2D eigenvalue weighted by molar-refractivity contribution is 6.06. The predicted octanol–water partition coefficient (Wildman–Crippen LogP) is 3.60. The van der Waals surface area contributed by atoms with Crippen LogP contribution < -0.4 is 5.32 Å². The van der Waals surface area contributed by atoms with Crippen LogP contribution in [0.2, 0.25) is 0 Å². The molecule has 6 heteroatoms. The molecule has 0 saturated heterocycles. The fraction of sp³-hybridized carbons (Fsp3) is 0.0455. The summed E-state index contributed by atoms with van der Waals surface area (Å²) in [6.45, 7) is 0. The number of carbonyl (C=O) groups is 3. The summed E-state index contributed by atoms with van der Waals surface area (Å²) >= 11 is 0. The first-order valence-corrected chi connectivity index (χ1v) is 8.49. The fourth-order valence-corrected chi connectivity index (χ4v) is 2.91. The van der Waals surface area contributed by atoms with Gasteiger partial charge in [-0.05, 0) is 29.3 Å². The van der Waals surface area contributed by atoms with Gasteiger partial charge in [0.15, 0.2) is 0 Å². The van der Waals surface area contributed by atoms with Crippen LogP contribution in [0.1, 0.15) is 48.2 Å². The fourth-order valence-electron chi connectivity index (χ4n) is 2.91. The normalized spacial score (nSPS) is 10.5. The Balaban J connectivity index is 1.99. The Kier molecular flexibility index (Phi) is 5.50. The van der Waals surface area contributed by atoms with E-state index in [9.17, 15) is 19.5 Å². The van der Waals surface area contributed by atoms with Crippen molar-refractivity contribution in [1.82, 2.24) is 5.32 Å². The van der Waals surface area contributed by atoms with Crippen LogP contribution in [0.4, 0.5) is 0 Å².